The van der Waals surface area contributed by atoms with Crippen molar-refractivity contribution in [1.82, 2.24) is 9.29 Å². The number of anilines is 1. The zero-order valence-corrected chi connectivity index (χ0v) is 13.1. The van der Waals surface area contributed by atoms with Gasteiger partial charge in [-0.15, -0.1) is 0 Å². The summed E-state index contributed by atoms with van der Waals surface area (Å²) in [5, 5.41) is 0.336. The fraction of sp³-hybridized carbons (Fsp3) is 0.214. The smallest absolute Gasteiger partial charge is 0.245 e. The van der Waals surface area contributed by atoms with Crippen LogP contribution in [-0.2, 0) is 16.6 Å². The summed E-state index contributed by atoms with van der Waals surface area (Å²) in [5.41, 5.74) is 6.83. The van der Waals surface area contributed by atoms with E-state index >= 15 is 0 Å². The van der Waals surface area contributed by atoms with Gasteiger partial charge in [0.2, 0.25) is 10.0 Å². The van der Waals surface area contributed by atoms with Gasteiger partial charge in [0.05, 0.1) is 5.69 Å². The van der Waals surface area contributed by atoms with Crippen LogP contribution in [-0.4, -0.2) is 24.3 Å². The quantitative estimate of drug-likeness (QED) is 0.857. The molecule has 0 saturated heterocycles. The Labute approximate surface area is 129 Å². The van der Waals surface area contributed by atoms with Crippen molar-refractivity contribution in [2.75, 3.05) is 12.3 Å². The Hall–Kier alpha value is -1.63. The summed E-state index contributed by atoms with van der Waals surface area (Å²) in [6.07, 6.45) is 3.26. The van der Waals surface area contributed by atoms with E-state index in [-0.39, 0.29) is 17.1 Å². The van der Waals surface area contributed by atoms with Crippen LogP contribution in [0.3, 0.4) is 0 Å². The topological polar surface area (TPSA) is 76.3 Å². The SMILES string of the molecule is CCN(Cc1ccncc1)S(=O)(=O)c1cc(Cl)ccc1N. The number of hydrogen-bond donors (Lipinski definition) is 1. The van der Waals surface area contributed by atoms with Gasteiger partial charge in [0.15, 0.2) is 0 Å². The van der Waals surface area contributed by atoms with Gasteiger partial charge in [0.1, 0.15) is 4.90 Å². The normalized spacial score (nSPS) is 11.8. The second-order valence-corrected chi connectivity index (χ2v) is 6.81. The zero-order chi connectivity index (χ0) is 15.5. The number of sulfonamides is 1. The van der Waals surface area contributed by atoms with Crippen LogP contribution in [0.15, 0.2) is 47.6 Å². The molecule has 0 saturated carbocycles. The Kier molecular flexibility index (Phi) is 4.82. The average Bonchev–Trinajstić information content (AvgIpc) is 2.48. The number of pyridine rings is 1. The van der Waals surface area contributed by atoms with Crippen LogP contribution in [0.1, 0.15) is 12.5 Å². The maximum atomic E-state index is 12.7. The van der Waals surface area contributed by atoms with Gasteiger partial charge in [-0.05, 0) is 35.9 Å². The first-order valence-corrected chi connectivity index (χ1v) is 8.21. The summed E-state index contributed by atoms with van der Waals surface area (Å²) in [7, 11) is -3.70. The second kappa shape index (κ2) is 6.43. The summed E-state index contributed by atoms with van der Waals surface area (Å²) in [6, 6.07) is 7.99. The molecule has 0 aliphatic heterocycles. The van der Waals surface area contributed by atoms with E-state index in [0.29, 0.717) is 11.6 Å². The minimum absolute atomic E-state index is 0.0332. The lowest BCUT2D eigenvalue weighted by atomic mass is 10.3. The van der Waals surface area contributed by atoms with E-state index in [9.17, 15) is 8.42 Å². The third-order valence-corrected chi connectivity index (χ3v) is 5.27. The molecule has 2 N–H and O–H groups in total. The lowest BCUT2D eigenvalue weighted by Crippen LogP contribution is -2.31. The van der Waals surface area contributed by atoms with Crippen molar-refractivity contribution in [1.29, 1.82) is 0 Å². The van der Waals surface area contributed by atoms with Crippen LogP contribution in [0.25, 0.3) is 0 Å². The molecule has 0 amide bonds. The third kappa shape index (κ3) is 3.53. The van der Waals surface area contributed by atoms with Crippen molar-refractivity contribution in [3.05, 3.63) is 53.3 Å². The number of benzene rings is 1. The highest BCUT2D eigenvalue weighted by Gasteiger charge is 2.25. The Morgan fingerprint density at radius 3 is 2.52 bits per heavy atom. The van der Waals surface area contributed by atoms with Crippen LogP contribution in [0, 0.1) is 0 Å². The molecule has 0 unspecified atom stereocenters. The highest BCUT2D eigenvalue weighted by Crippen LogP contribution is 2.26. The van der Waals surface area contributed by atoms with Gasteiger partial charge in [-0.3, -0.25) is 4.98 Å². The summed E-state index contributed by atoms with van der Waals surface area (Å²) >= 11 is 5.88. The minimum Gasteiger partial charge on any atom is -0.398 e. The molecule has 7 heteroatoms. The predicted octanol–water partition coefficient (Wildman–Crippen LogP) is 2.53. The molecule has 21 heavy (non-hydrogen) atoms. The lowest BCUT2D eigenvalue weighted by molar-refractivity contribution is 0.423. The summed E-state index contributed by atoms with van der Waals surface area (Å²) in [5.74, 6) is 0. The molecule has 0 spiro atoms. The van der Waals surface area contributed by atoms with E-state index in [4.69, 9.17) is 17.3 Å². The minimum atomic E-state index is -3.70. The summed E-state index contributed by atoms with van der Waals surface area (Å²) < 4.78 is 26.8. The van der Waals surface area contributed by atoms with Gasteiger partial charge >= 0.3 is 0 Å². The molecule has 5 nitrogen and oxygen atoms in total. The fourth-order valence-electron chi connectivity index (χ4n) is 1.93. The van der Waals surface area contributed by atoms with E-state index in [1.165, 1.54) is 16.4 Å². The molecule has 0 aliphatic rings. The number of aromatic nitrogens is 1. The molecule has 2 aromatic rings. The standard InChI is InChI=1S/C14H16ClN3O2S/c1-2-18(10-11-5-7-17-8-6-11)21(19,20)14-9-12(15)3-4-13(14)16/h3-9H,2,10,16H2,1H3. The molecule has 1 heterocycles. The zero-order valence-electron chi connectivity index (χ0n) is 11.5. The first-order chi connectivity index (χ1) is 9.95. The van der Waals surface area contributed by atoms with Crippen molar-refractivity contribution in [2.45, 2.75) is 18.4 Å². The molecule has 0 aliphatic carbocycles. The predicted molar refractivity (Wildman–Crippen MR) is 83.4 cm³/mol. The van der Waals surface area contributed by atoms with Crippen molar-refractivity contribution in [3.8, 4) is 0 Å². The summed E-state index contributed by atoms with van der Waals surface area (Å²) in [6.45, 7) is 2.36. The molecular formula is C14H16ClN3O2S. The molecule has 1 aromatic heterocycles. The average molecular weight is 326 g/mol. The van der Waals surface area contributed by atoms with E-state index < -0.39 is 10.0 Å². The van der Waals surface area contributed by atoms with Crippen LogP contribution in [0.5, 0.6) is 0 Å². The number of nitrogen functional groups attached to an aromatic ring is 1. The maximum Gasteiger partial charge on any atom is 0.245 e. The molecular weight excluding hydrogens is 310 g/mol. The number of nitrogens with two attached hydrogens (primary N) is 1. The monoisotopic (exact) mass is 325 g/mol. The largest absolute Gasteiger partial charge is 0.398 e. The van der Waals surface area contributed by atoms with Crippen LogP contribution in [0.2, 0.25) is 5.02 Å². The van der Waals surface area contributed by atoms with Crippen molar-refractivity contribution in [2.24, 2.45) is 0 Å². The molecule has 0 bridgehead atoms. The molecule has 0 fully saturated rings. The highest BCUT2D eigenvalue weighted by atomic mass is 35.5. The molecule has 112 valence electrons. The lowest BCUT2D eigenvalue weighted by Gasteiger charge is -2.21. The van der Waals surface area contributed by atoms with E-state index in [0.717, 1.165) is 5.56 Å². The Balaban J connectivity index is 2.38. The first-order valence-electron chi connectivity index (χ1n) is 6.39. The van der Waals surface area contributed by atoms with Crippen LogP contribution >= 0.6 is 11.6 Å². The van der Waals surface area contributed by atoms with Gasteiger partial charge < -0.3 is 5.73 Å². The number of rotatable bonds is 5. The first kappa shape index (κ1) is 15.8. The Morgan fingerprint density at radius 2 is 1.90 bits per heavy atom. The maximum absolute atomic E-state index is 12.7. The molecule has 2 rings (SSSR count). The molecule has 0 radical (unpaired) electrons. The number of hydrogen-bond acceptors (Lipinski definition) is 4. The number of halogens is 1. The molecule has 0 atom stereocenters. The van der Waals surface area contributed by atoms with Crippen molar-refractivity contribution >= 4 is 27.3 Å². The Morgan fingerprint density at radius 1 is 1.24 bits per heavy atom. The van der Waals surface area contributed by atoms with Crippen LogP contribution < -0.4 is 5.73 Å². The fourth-order valence-corrected chi connectivity index (χ4v) is 3.74. The van der Waals surface area contributed by atoms with Gasteiger partial charge in [0.25, 0.3) is 0 Å². The van der Waals surface area contributed by atoms with E-state index in [1.54, 1.807) is 37.5 Å². The summed E-state index contributed by atoms with van der Waals surface area (Å²) in [4.78, 5) is 3.95. The Bertz CT molecular complexity index is 720. The van der Waals surface area contributed by atoms with Crippen LogP contribution in [0.4, 0.5) is 5.69 Å². The van der Waals surface area contributed by atoms with Gasteiger partial charge in [-0.25, -0.2) is 8.42 Å². The molecule has 1 aromatic carbocycles. The van der Waals surface area contributed by atoms with E-state index in [2.05, 4.69) is 4.98 Å². The van der Waals surface area contributed by atoms with Gasteiger partial charge in [-0.2, -0.15) is 4.31 Å². The number of nitrogens with zero attached hydrogens (tertiary/aromatic N) is 2. The van der Waals surface area contributed by atoms with Crippen molar-refractivity contribution < 1.29 is 8.42 Å². The van der Waals surface area contributed by atoms with E-state index in [1.807, 2.05) is 0 Å². The highest BCUT2D eigenvalue weighted by molar-refractivity contribution is 7.89. The van der Waals surface area contributed by atoms with Gasteiger partial charge in [-0.1, -0.05) is 18.5 Å². The van der Waals surface area contributed by atoms with Gasteiger partial charge in [0, 0.05) is 30.5 Å². The second-order valence-electron chi connectivity index (χ2n) is 4.47. The van der Waals surface area contributed by atoms with Crippen molar-refractivity contribution in [3.63, 3.8) is 0 Å². The third-order valence-electron chi connectivity index (χ3n) is 3.05.